The minimum Gasteiger partial charge on any atom is -0.326 e. The third kappa shape index (κ3) is 4.05. The molecule has 0 bridgehead atoms. The molecule has 7 nitrogen and oxygen atoms in total. The molecule has 1 unspecified atom stereocenters. The van der Waals surface area contributed by atoms with Gasteiger partial charge in [-0.25, -0.2) is 0 Å². The van der Waals surface area contributed by atoms with Crippen molar-refractivity contribution in [3.05, 3.63) is 56.5 Å². The monoisotopic (exact) mass is 435 g/mol. The summed E-state index contributed by atoms with van der Waals surface area (Å²) in [4.78, 5) is 35.8. The Balaban J connectivity index is 1.71. The molecule has 2 aromatic carbocycles. The topological polar surface area (TPSA) is 101 Å². The third-order valence-corrected chi connectivity index (χ3v) is 5.61. The smallest absolute Gasteiger partial charge is 0.271 e. The largest absolute Gasteiger partial charge is 0.326 e. The normalized spacial score (nSPS) is 15.8. The minimum atomic E-state index is -0.567. The molecule has 1 atom stereocenters. The minimum absolute atomic E-state index is 0.0336. The van der Waals surface area contributed by atoms with E-state index in [1.54, 1.807) is 13.0 Å². The van der Waals surface area contributed by atoms with E-state index >= 15 is 0 Å². The van der Waals surface area contributed by atoms with Crippen LogP contribution in [0.3, 0.4) is 0 Å². The zero-order valence-corrected chi connectivity index (χ0v) is 16.0. The number of anilines is 2. The highest BCUT2D eigenvalue weighted by Crippen LogP contribution is 2.38. The maximum absolute atomic E-state index is 12.3. The first-order chi connectivity index (χ1) is 12.3. The number of carbonyl (C=O) groups excluding carboxylic acids is 2. The van der Waals surface area contributed by atoms with Gasteiger partial charge in [-0.2, -0.15) is 0 Å². The molecule has 0 saturated heterocycles. The number of amides is 2. The Bertz CT molecular complexity index is 919. The first kappa shape index (κ1) is 18.4. The van der Waals surface area contributed by atoms with Crippen LogP contribution in [0.25, 0.3) is 0 Å². The molecule has 134 valence electrons. The Morgan fingerprint density at radius 1 is 1.35 bits per heavy atom. The van der Waals surface area contributed by atoms with E-state index in [-0.39, 0.29) is 23.9 Å². The summed E-state index contributed by atoms with van der Waals surface area (Å²) in [6, 6.07) is 9.82. The summed E-state index contributed by atoms with van der Waals surface area (Å²) in [5, 5.41) is 15.8. The number of thioether (sulfide) groups is 1. The van der Waals surface area contributed by atoms with Crippen LogP contribution in [0.4, 0.5) is 17.1 Å². The fraction of sp³-hybridized carbons (Fsp3) is 0.176. The second kappa shape index (κ2) is 7.46. The molecule has 26 heavy (non-hydrogen) atoms. The molecule has 0 saturated carbocycles. The quantitative estimate of drug-likeness (QED) is 0.555. The summed E-state index contributed by atoms with van der Waals surface area (Å²) >= 11 is 4.68. The van der Waals surface area contributed by atoms with Crippen LogP contribution in [-0.4, -0.2) is 22.0 Å². The fourth-order valence-electron chi connectivity index (χ4n) is 2.48. The van der Waals surface area contributed by atoms with Crippen molar-refractivity contribution in [2.24, 2.45) is 0 Å². The number of nitro groups is 1. The van der Waals surface area contributed by atoms with E-state index < -0.39 is 10.2 Å². The highest BCUT2D eigenvalue weighted by molar-refractivity contribution is 9.10. The van der Waals surface area contributed by atoms with Gasteiger partial charge in [-0.1, -0.05) is 22.0 Å². The van der Waals surface area contributed by atoms with Crippen LogP contribution in [0.15, 0.2) is 45.8 Å². The molecule has 0 spiro atoms. The van der Waals surface area contributed by atoms with Crippen molar-refractivity contribution in [1.29, 1.82) is 0 Å². The van der Waals surface area contributed by atoms with Crippen molar-refractivity contribution < 1.29 is 14.5 Å². The van der Waals surface area contributed by atoms with Gasteiger partial charge in [0.15, 0.2) is 0 Å². The van der Waals surface area contributed by atoms with Gasteiger partial charge in [-0.15, -0.1) is 11.8 Å². The van der Waals surface area contributed by atoms with Gasteiger partial charge in [0.1, 0.15) is 0 Å². The molecule has 0 aromatic heterocycles. The second-order valence-electron chi connectivity index (χ2n) is 5.74. The van der Waals surface area contributed by atoms with Crippen LogP contribution in [0.1, 0.15) is 12.0 Å². The van der Waals surface area contributed by atoms with Crippen molar-refractivity contribution in [3.63, 3.8) is 0 Å². The Hall–Kier alpha value is -2.39. The maximum Gasteiger partial charge on any atom is 0.271 e. The standard InChI is InChI=1S/C17H14BrN3O4S/c1-9-2-4-11(21(24)25)7-12(9)19-16(22)8-15-17(23)20-13-6-10(18)3-5-14(13)26-15/h2-7,15H,8H2,1H3,(H,19,22)(H,20,23). The van der Waals surface area contributed by atoms with Gasteiger partial charge < -0.3 is 10.6 Å². The summed E-state index contributed by atoms with van der Waals surface area (Å²) < 4.78 is 0.856. The first-order valence-electron chi connectivity index (χ1n) is 7.65. The molecular weight excluding hydrogens is 422 g/mol. The highest BCUT2D eigenvalue weighted by atomic mass is 79.9. The summed E-state index contributed by atoms with van der Waals surface area (Å²) in [5.41, 5.74) is 1.69. The number of non-ortho nitro benzene ring substituents is 1. The van der Waals surface area contributed by atoms with E-state index in [9.17, 15) is 19.7 Å². The lowest BCUT2D eigenvalue weighted by atomic mass is 10.1. The molecule has 1 aliphatic heterocycles. The molecule has 3 rings (SSSR count). The zero-order chi connectivity index (χ0) is 18.8. The Kier molecular flexibility index (Phi) is 5.28. The number of benzene rings is 2. The molecular formula is C17H14BrN3O4S. The number of hydrogen-bond donors (Lipinski definition) is 2. The third-order valence-electron chi connectivity index (χ3n) is 3.84. The van der Waals surface area contributed by atoms with E-state index in [4.69, 9.17) is 0 Å². The number of nitro benzene ring substituents is 1. The fourth-order valence-corrected chi connectivity index (χ4v) is 3.94. The SMILES string of the molecule is Cc1ccc([N+](=O)[O-])cc1NC(=O)CC1Sc2ccc(Br)cc2NC1=O. The van der Waals surface area contributed by atoms with Crippen LogP contribution < -0.4 is 10.6 Å². The van der Waals surface area contributed by atoms with Gasteiger partial charge in [0.2, 0.25) is 11.8 Å². The van der Waals surface area contributed by atoms with Crippen molar-refractivity contribution >= 4 is 56.6 Å². The van der Waals surface area contributed by atoms with Gasteiger partial charge in [-0.05, 0) is 30.7 Å². The number of nitrogens with one attached hydrogen (secondary N) is 2. The zero-order valence-electron chi connectivity index (χ0n) is 13.6. The average molecular weight is 436 g/mol. The van der Waals surface area contributed by atoms with E-state index in [1.165, 1.54) is 23.9 Å². The number of hydrogen-bond acceptors (Lipinski definition) is 5. The van der Waals surface area contributed by atoms with Crippen molar-refractivity contribution in [3.8, 4) is 0 Å². The van der Waals surface area contributed by atoms with Crippen LogP contribution in [0, 0.1) is 17.0 Å². The van der Waals surface area contributed by atoms with Crippen LogP contribution in [0.5, 0.6) is 0 Å². The van der Waals surface area contributed by atoms with E-state index in [2.05, 4.69) is 26.6 Å². The maximum atomic E-state index is 12.3. The van der Waals surface area contributed by atoms with E-state index in [0.717, 1.165) is 9.37 Å². The number of aryl methyl sites for hydroxylation is 1. The lowest BCUT2D eigenvalue weighted by Gasteiger charge is -2.24. The van der Waals surface area contributed by atoms with Crippen molar-refractivity contribution in [2.75, 3.05) is 10.6 Å². The summed E-state index contributed by atoms with van der Waals surface area (Å²) in [5.74, 6) is -0.617. The van der Waals surface area contributed by atoms with Gasteiger partial charge in [0.25, 0.3) is 5.69 Å². The number of fused-ring (bicyclic) bond motifs is 1. The van der Waals surface area contributed by atoms with E-state index in [1.807, 2.05) is 18.2 Å². The van der Waals surface area contributed by atoms with Gasteiger partial charge in [-0.3, -0.25) is 19.7 Å². The van der Waals surface area contributed by atoms with Crippen LogP contribution >= 0.6 is 27.7 Å². The average Bonchev–Trinajstić information content (AvgIpc) is 2.57. The molecule has 2 aromatic rings. The predicted octanol–water partition coefficient (Wildman–Crippen LogP) is 4.11. The van der Waals surface area contributed by atoms with Crippen LogP contribution in [0.2, 0.25) is 0 Å². The summed E-state index contributed by atoms with van der Waals surface area (Å²) in [7, 11) is 0. The molecule has 2 N–H and O–H groups in total. The molecule has 0 aliphatic carbocycles. The molecule has 9 heteroatoms. The number of nitrogens with zero attached hydrogens (tertiary/aromatic N) is 1. The number of halogens is 1. The Morgan fingerprint density at radius 2 is 2.12 bits per heavy atom. The lowest BCUT2D eigenvalue weighted by molar-refractivity contribution is -0.384. The molecule has 1 aliphatic rings. The molecule has 0 fully saturated rings. The van der Waals surface area contributed by atoms with Crippen molar-refractivity contribution in [2.45, 2.75) is 23.5 Å². The van der Waals surface area contributed by atoms with Gasteiger partial charge >= 0.3 is 0 Å². The lowest BCUT2D eigenvalue weighted by Crippen LogP contribution is -2.32. The molecule has 1 heterocycles. The summed E-state index contributed by atoms with van der Waals surface area (Å²) in [6.45, 7) is 1.75. The Morgan fingerprint density at radius 3 is 2.85 bits per heavy atom. The predicted molar refractivity (Wildman–Crippen MR) is 103 cm³/mol. The molecule has 0 radical (unpaired) electrons. The van der Waals surface area contributed by atoms with E-state index in [0.29, 0.717) is 16.9 Å². The highest BCUT2D eigenvalue weighted by Gasteiger charge is 2.29. The number of carbonyl (C=O) groups is 2. The van der Waals surface area contributed by atoms with Gasteiger partial charge in [0.05, 0.1) is 21.5 Å². The van der Waals surface area contributed by atoms with Crippen molar-refractivity contribution in [1.82, 2.24) is 0 Å². The Labute approximate surface area is 161 Å². The first-order valence-corrected chi connectivity index (χ1v) is 9.33. The van der Waals surface area contributed by atoms with Crippen LogP contribution in [-0.2, 0) is 9.59 Å². The summed E-state index contributed by atoms with van der Waals surface area (Å²) in [6.07, 6.45) is -0.0336. The second-order valence-corrected chi connectivity index (χ2v) is 7.91. The van der Waals surface area contributed by atoms with Gasteiger partial charge in [0, 0.05) is 27.9 Å². The molecule has 2 amide bonds. The number of rotatable bonds is 4.